The van der Waals surface area contributed by atoms with Gasteiger partial charge in [0.05, 0.1) is 6.04 Å². The Labute approximate surface area is 151 Å². The number of benzene rings is 1. The summed E-state index contributed by atoms with van der Waals surface area (Å²) in [7, 11) is 0. The van der Waals surface area contributed by atoms with Crippen LogP contribution in [0.2, 0.25) is 0 Å². The highest BCUT2D eigenvalue weighted by Gasteiger charge is 2.26. The van der Waals surface area contributed by atoms with E-state index in [0.717, 1.165) is 29.7 Å². The summed E-state index contributed by atoms with van der Waals surface area (Å²) in [4.78, 5) is 20.2. The van der Waals surface area contributed by atoms with Gasteiger partial charge in [-0.15, -0.1) is 11.3 Å². The van der Waals surface area contributed by atoms with Crippen molar-refractivity contribution < 1.29 is 18.1 Å². The fourth-order valence-electron chi connectivity index (χ4n) is 3.03. The van der Waals surface area contributed by atoms with Gasteiger partial charge in [0.25, 0.3) is 11.8 Å². The van der Waals surface area contributed by atoms with Crippen molar-refractivity contribution in [2.75, 3.05) is 0 Å². The maximum atomic E-state index is 12.6. The van der Waals surface area contributed by atoms with Gasteiger partial charge in [-0.05, 0) is 37.0 Å². The Balaban J connectivity index is 1.53. The Morgan fingerprint density at radius 2 is 2.23 bits per heavy atom. The topological polar surface area (TPSA) is 80.9 Å². The van der Waals surface area contributed by atoms with Crippen molar-refractivity contribution in [2.24, 2.45) is 0 Å². The highest BCUT2D eigenvalue weighted by Crippen LogP contribution is 2.34. The first-order valence-electron chi connectivity index (χ1n) is 7.99. The molecule has 134 valence electrons. The molecular weight excluding hydrogens is 362 g/mol. The van der Waals surface area contributed by atoms with E-state index >= 15 is 0 Å². The minimum Gasteiger partial charge on any atom is -0.343 e. The molecule has 1 aromatic carbocycles. The van der Waals surface area contributed by atoms with E-state index in [9.17, 15) is 13.6 Å². The monoisotopic (exact) mass is 376 g/mol. The molecule has 0 radical (unpaired) electrons. The van der Waals surface area contributed by atoms with Crippen molar-refractivity contribution in [3.8, 4) is 11.4 Å². The summed E-state index contributed by atoms with van der Waals surface area (Å²) in [5, 5.41) is 8.88. The zero-order valence-electron chi connectivity index (χ0n) is 13.7. The van der Waals surface area contributed by atoms with Crippen molar-refractivity contribution in [2.45, 2.75) is 32.2 Å². The quantitative estimate of drug-likeness (QED) is 0.748. The minimum absolute atomic E-state index is 0.0994. The largest absolute Gasteiger partial charge is 0.343 e. The van der Waals surface area contributed by atoms with Crippen LogP contribution in [0.25, 0.3) is 11.4 Å². The molecule has 0 fully saturated rings. The first-order chi connectivity index (χ1) is 12.5. The fourth-order valence-corrected chi connectivity index (χ4v) is 3.72. The average molecular weight is 376 g/mol. The molecule has 1 N–H and O–H groups in total. The summed E-state index contributed by atoms with van der Waals surface area (Å²) in [5.41, 5.74) is 3.47. The second-order valence-electron chi connectivity index (χ2n) is 6.03. The molecule has 0 aliphatic heterocycles. The highest BCUT2D eigenvalue weighted by atomic mass is 32.1. The predicted molar refractivity (Wildman–Crippen MR) is 90.1 cm³/mol. The normalized spacial score (nSPS) is 16.1. The van der Waals surface area contributed by atoms with E-state index in [-0.39, 0.29) is 17.8 Å². The number of hydrogen-bond donors (Lipinski definition) is 1. The molecule has 0 saturated carbocycles. The van der Waals surface area contributed by atoms with Gasteiger partial charge in [0.2, 0.25) is 5.82 Å². The van der Waals surface area contributed by atoms with Crippen LogP contribution in [0, 0.1) is 6.92 Å². The molecule has 0 saturated heterocycles. The van der Waals surface area contributed by atoms with E-state index in [4.69, 9.17) is 0 Å². The molecule has 1 amide bonds. The predicted octanol–water partition coefficient (Wildman–Crippen LogP) is 3.86. The zero-order valence-corrected chi connectivity index (χ0v) is 14.5. The lowest BCUT2D eigenvalue weighted by Crippen LogP contribution is -2.27. The number of carbonyl (C=O) groups is 1. The molecule has 4 rings (SSSR count). The molecule has 1 unspecified atom stereocenters. The number of nitrogens with one attached hydrogen (secondary N) is 1. The van der Waals surface area contributed by atoms with E-state index < -0.39 is 12.3 Å². The van der Waals surface area contributed by atoms with Gasteiger partial charge >= 0.3 is 6.43 Å². The number of hydrogen-bond acceptors (Lipinski definition) is 6. The van der Waals surface area contributed by atoms with Crippen molar-refractivity contribution in [3.63, 3.8) is 0 Å². The highest BCUT2D eigenvalue weighted by molar-refractivity contribution is 7.11. The second-order valence-corrected chi connectivity index (χ2v) is 6.89. The van der Waals surface area contributed by atoms with Crippen molar-refractivity contribution >= 4 is 17.2 Å². The summed E-state index contributed by atoms with van der Waals surface area (Å²) < 4.78 is 29.7. The molecule has 3 aromatic rings. The number of halogens is 2. The van der Waals surface area contributed by atoms with Crippen molar-refractivity contribution in [1.82, 2.24) is 20.4 Å². The fraction of sp³-hybridized carbons (Fsp3) is 0.294. The molecule has 1 aliphatic rings. The smallest absolute Gasteiger partial charge is 0.315 e. The molecule has 26 heavy (non-hydrogen) atoms. The van der Waals surface area contributed by atoms with Gasteiger partial charge in [0.1, 0.15) is 0 Å². The van der Waals surface area contributed by atoms with Crippen molar-refractivity contribution in [1.29, 1.82) is 0 Å². The molecule has 0 spiro atoms. The molecule has 1 atom stereocenters. The standard InChI is InChI=1S/C17H14F2N4O2S/c1-8-7-26-17(20-8)15(24)21-12-5-3-9-6-10(2-4-11(9)12)14-22-16(13(18)19)25-23-14/h2,4,6-7,12-13H,3,5H2,1H3,(H,21,24). The third-order valence-electron chi connectivity index (χ3n) is 4.23. The summed E-state index contributed by atoms with van der Waals surface area (Å²) >= 11 is 1.32. The number of amides is 1. The first kappa shape index (κ1) is 16.8. The van der Waals surface area contributed by atoms with Crippen LogP contribution >= 0.6 is 11.3 Å². The van der Waals surface area contributed by atoms with Crippen LogP contribution in [0.1, 0.15) is 51.4 Å². The van der Waals surface area contributed by atoms with E-state index in [0.29, 0.717) is 10.6 Å². The van der Waals surface area contributed by atoms with Gasteiger partial charge in [0, 0.05) is 16.6 Å². The summed E-state index contributed by atoms with van der Waals surface area (Å²) in [5.74, 6) is -0.747. The molecule has 9 heteroatoms. The van der Waals surface area contributed by atoms with Crippen LogP contribution in [0.4, 0.5) is 8.78 Å². The molecule has 6 nitrogen and oxygen atoms in total. The Morgan fingerprint density at radius 1 is 1.38 bits per heavy atom. The van der Waals surface area contributed by atoms with Crippen LogP contribution in [0.15, 0.2) is 28.1 Å². The van der Waals surface area contributed by atoms with E-state index in [1.807, 2.05) is 24.4 Å². The minimum atomic E-state index is -2.79. The van der Waals surface area contributed by atoms with Crippen LogP contribution < -0.4 is 5.32 Å². The van der Waals surface area contributed by atoms with Gasteiger partial charge in [-0.3, -0.25) is 4.79 Å². The summed E-state index contributed by atoms with van der Waals surface area (Å²) in [6.07, 6.45) is -1.26. The number of carbonyl (C=O) groups excluding carboxylic acids is 1. The van der Waals surface area contributed by atoms with Crippen LogP contribution in [-0.4, -0.2) is 21.0 Å². The lowest BCUT2D eigenvalue weighted by molar-refractivity contribution is 0.0936. The third-order valence-corrected chi connectivity index (χ3v) is 5.18. The number of aryl methyl sites for hydroxylation is 2. The lowest BCUT2D eigenvalue weighted by Gasteiger charge is -2.13. The number of nitrogens with zero attached hydrogens (tertiary/aromatic N) is 3. The SMILES string of the molecule is Cc1csc(C(=O)NC2CCc3cc(-c4noc(C(F)F)n4)ccc32)n1. The number of fused-ring (bicyclic) bond motifs is 1. The first-order valence-corrected chi connectivity index (χ1v) is 8.87. The van der Waals surface area contributed by atoms with Gasteiger partial charge in [0.15, 0.2) is 5.01 Å². The number of rotatable bonds is 4. The number of aromatic nitrogens is 3. The Kier molecular flexibility index (Phi) is 4.23. The Morgan fingerprint density at radius 3 is 2.92 bits per heavy atom. The number of thiazole rings is 1. The van der Waals surface area contributed by atoms with E-state index in [1.165, 1.54) is 11.3 Å². The van der Waals surface area contributed by atoms with Crippen LogP contribution in [-0.2, 0) is 6.42 Å². The summed E-state index contributed by atoms with van der Waals surface area (Å²) in [6, 6.07) is 5.37. The molecule has 2 aromatic heterocycles. The van der Waals surface area contributed by atoms with E-state index in [2.05, 4.69) is 25.0 Å². The van der Waals surface area contributed by atoms with Crippen LogP contribution in [0.3, 0.4) is 0 Å². The molecule has 2 heterocycles. The van der Waals surface area contributed by atoms with Gasteiger partial charge in [-0.25, -0.2) is 4.98 Å². The summed E-state index contributed by atoms with van der Waals surface area (Å²) in [6.45, 7) is 1.84. The third kappa shape index (κ3) is 3.10. The number of alkyl halides is 2. The zero-order chi connectivity index (χ0) is 18.3. The lowest BCUT2D eigenvalue weighted by atomic mass is 10.0. The van der Waals surface area contributed by atoms with Crippen molar-refractivity contribution in [3.05, 3.63) is 51.3 Å². The molecule has 0 bridgehead atoms. The Bertz CT molecular complexity index is 969. The maximum absolute atomic E-state index is 12.6. The van der Waals surface area contributed by atoms with Gasteiger partial charge < -0.3 is 9.84 Å². The molecule has 1 aliphatic carbocycles. The van der Waals surface area contributed by atoms with Crippen LogP contribution in [0.5, 0.6) is 0 Å². The van der Waals surface area contributed by atoms with Gasteiger partial charge in [-0.2, -0.15) is 13.8 Å². The Hall–Kier alpha value is -2.68. The maximum Gasteiger partial charge on any atom is 0.315 e. The van der Waals surface area contributed by atoms with Gasteiger partial charge in [-0.1, -0.05) is 17.3 Å². The average Bonchev–Trinajstić information content (AvgIpc) is 3.34. The molecular formula is C17H14F2N4O2S. The second kappa shape index (κ2) is 6.56. The van der Waals surface area contributed by atoms with E-state index in [1.54, 1.807) is 6.07 Å².